The Morgan fingerprint density at radius 1 is 1.23 bits per heavy atom. The minimum atomic E-state index is -0.419. The lowest BCUT2D eigenvalue weighted by atomic mass is 10.1. The molecule has 8 heteroatoms. The smallest absolute Gasteiger partial charge is 0.286 e. The zero-order valence-corrected chi connectivity index (χ0v) is 18.4. The molecule has 0 radical (unpaired) electrons. The van der Waals surface area contributed by atoms with Crippen molar-refractivity contribution in [1.29, 1.82) is 0 Å². The average molecular weight is 445 g/mol. The highest BCUT2D eigenvalue weighted by atomic mass is 35.5. The number of rotatable bonds is 6. The molecule has 2 aromatic carbocycles. The highest BCUT2D eigenvalue weighted by Gasteiger charge is 2.23. The van der Waals surface area contributed by atoms with Gasteiger partial charge in [0.2, 0.25) is 5.91 Å². The van der Waals surface area contributed by atoms with Gasteiger partial charge in [0.05, 0.1) is 16.5 Å². The normalized spacial score (nSPS) is 14.6. The number of amides is 2. The summed E-state index contributed by atoms with van der Waals surface area (Å²) in [6, 6.07) is 11.5. The first-order valence-electron chi connectivity index (χ1n) is 9.30. The maximum absolute atomic E-state index is 12.1. The van der Waals surface area contributed by atoms with Crippen LogP contribution in [-0.2, 0) is 16.2 Å². The molecule has 2 amide bonds. The number of aryl methyl sites for hydroxylation is 1. The number of hydrogen-bond donors (Lipinski definition) is 1. The maximum Gasteiger partial charge on any atom is 0.286 e. The molecule has 0 saturated carbocycles. The first kappa shape index (κ1) is 21.9. The Morgan fingerprint density at radius 3 is 2.63 bits per heavy atom. The van der Waals surface area contributed by atoms with E-state index in [4.69, 9.17) is 21.1 Å². The van der Waals surface area contributed by atoms with Gasteiger partial charge in [-0.05, 0) is 54.9 Å². The van der Waals surface area contributed by atoms with E-state index in [0.717, 1.165) is 17.3 Å². The third-order valence-corrected chi connectivity index (χ3v) is 5.22. The summed E-state index contributed by atoms with van der Waals surface area (Å²) >= 11 is 7.56. The zero-order valence-electron chi connectivity index (χ0n) is 16.8. The molecule has 1 N–H and O–H groups in total. The number of nitrogens with one attached hydrogen (secondary N) is 1. The number of halogens is 1. The first-order chi connectivity index (χ1) is 14.4. The van der Waals surface area contributed by atoms with E-state index in [9.17, 15) is 9.59 Å². The summed E-state index contributed by atoms with van der Waals surface area (Å²) in [7, 11) is 0. The molecule has 0 atom stereocenters. The van der Waals surface area contributed by atoms with Gasteiger partial charge in [-0.1, -0.05) is 41.4 Å². The number of ether oxygens (including phenoxy) is 2. The predicted molar refractivity (Wildman–Crippen MR) is 120 cm³/mol. The lowest BCUT2D eigenvalue weighted by molar-refractivity contribution is -0.117. The monoisotopic (exact) mass is 444 g/mol. The van der Waals surface area contributed by atoms with Crippen molar-refractivity contribution < 1.29 is 19.1 Å². The van der Waals surface area contributed by atoms with Crippen molar-refractivity contribution in [3.8, 4) is 11.5 Å². The highest BCUT2D eigenvalue weighted by Crippen LogP contribution is 2.39. The Morgan fingerprint density at radius 2 is 1.97 bits per heavy atom. The topological polar surface area (TPSA) is 77.0 Å². The van der Waals surface area contributed by atoms with Gasteiger partial charge in [-0.25, -0.2) is 0 Å². The van der Waals surface area contributed by atoms with Gasteiger partial charge in [0, 0.05) is 6.92 Å². The number of benzene rings is 2. The van der Waals surface area contributed by atoms with Crippen molar-refractivity contribution in [3.05, 3.63) is 63.0 Å². The van der Waals surface area contributed by atoms with E-state index in [-0.39, 0.29) is 11.1 Å². The van der Waals surface area contributed by atoms with Crippen LogP contribution >= 0.6 is 23.4 Å². The Hall–Kier alpha value is -2.77. The Balaban J connectivity index is 1.81. The van der Waals surface area contributed by atoms with E-state index >= 15 is 0 Å². The van der Waals surface area contributed by atoms with Crippen LogP contribution in [0.1, 0.15) is 30.5 Å². The summed E-state index contributed by atoms with van der Waals surface area (Å²) in [4.78, 5) is 27.5. The Labute approximate surface area is 184 Å². The standard InChI is InChI=1S/C22H21ClN2O4S/c1-4-28-18-10-16(11-19-21(27)25-22(30-19)24-14(3)26)9-17(23)20(18)29-12-15-7-5-13(2)6-8-15/h5-11H,4,12H2,1-3H3,(H,24,25,26,27)/b19-11-. The van der Waals surface area contributed by atoms with Gasteiger partial charge in [-0.2, -0.15) is 4.99 Å². The first-order valence-corrected chi connectivity index (χ1v) is 10.5. The van der Waals surface area contributed by atoms with Crippen LogP contribution in [0.15, 0.2) is 46.3 Å². The molecule has 156 valence electrons. The van der Waals surface area contributed by atoms with Crippen molar-refractivity contribution in [3.63, 3.8) is 0 Å². The van der Waals surface area contributed by atoms with E-state index in [0.29, 0.717) is 40.2 Å². The molecule has 0 aliphatic carbocycles. The summed E-state index contributed by atoms with van der Waals surface area (Å²) in [5.41, 5.74) is 2.86. The van der Waals surface area contributed by atoms with E-state index in [1.165, 1.54) is 12.5 Å². The fourth-order valence-electron chi connectivity index (χ4n) is 2.68. The van der Waals surface area contributed by atoms with Gasteiger partial charge in [-0.15, -0.1) is 0 Å². The van der Waals surface area contributed by atoms with E-state index in [2.05, 4.69) is 10.3 Å². The molecule has 2 aromatic rings. The summed E-state index contributed by atoms with van der Waals surface area (Å²) in [5, 5.41) is 3.15. The third-order valence-electron chi connectivity index (χ3n) is 4.04. The van der Waals surface area contributed by atoms with Crippen LogP contribution in [0.3, 0.4) is 0 Å². The van der Waals surface area contributed by atoms with Crippen LogP contribution in [0, 0.1) is 6.92 Å². The minimum Gasteiger partial charge on any atom is -0.490 e. The second-order valence-corrected chi connectivity index (χ2v) is 7.99. The average Bonchev–Trinajstić information content (AvgIpc) is 3.01. The number of carbonyl (C=O) groups is 2. The number of nitrogens with zero attached hydrogens (tertiary/aromatic N) is 1. The zero-order chi connectivity index (χ0) is 21.7. The van der Waals surface area contributed by atoms with Gasteiger partial charge >= 0.3 is 0 Å². The highest BCUT2D eigenvalue weighted by molar-refractivity contribution is 8.18. The van der Waals surface area contributed by atoms with Crippen molar-refractivity contribution in [2.24, 2.45) is 4.99 Å². The minimum absolute atomic E-state index is 0.257. The van der Waals surface area contributed by atoms with Crippen LogP contribution in [0.25, 0.3) is 6.08 Å². The largest absolute Gasteiger partial charge is 0.490 e. The summed E-state index contributed by atoms with van der Waals surface area (Å²) in [5.74, 6) is 0.230. The molecule has 3 rings (SSSR count). The van der Waals surface area contributed by atoms with Crippen LogP contribution in [0.2, 0.25) is 5.02 Å². The number of amidine groups is 1. The van der Waals surface area contributed by atoms with Gasteiger partial charge in [0.1, 0.15) is 6.61 Å². The van der Waals surface area contributed by atoms with Crippen LogP contribution < -0.4 is 14.8 Å². The number of aliphatic imine (C=N–C) groups is 1. The summed E-state index contributed by atoms with van der Waals surface area (Å²) in [6.45, 7) is 6.04. The van der Waals surface area contributed by atoms with Crippen molar-refractivity contribution in [1.82, 2.24) is 5.32 Å². The molecule has 1 aliphatic rings. The molecule has 1 heterocycles. The molecule has 0 aromatic heterocycles. The number of carbonyl (C=O) groups excluding carboxylic acids is 2. The van der Waals surface area contributed by atoms with Gasteiger partial charge in [-0.3, -0.25) is 9.59 Å². The molecule has 0 bridgehead atoms. The second-order valence-electron chi connectivity index (χ2n) is 6.55. The molecular weight excluding hydrogens is 424 g/mol. The molecule has 1 aliphatic heterocycles. The van der Waals surface area contributed by atoms with Crippen LogP contribution in [-0.4, -0.2) is 23.6 Å². The molecule has 0 spiro atoms. The fourth-order valence-corrected chi connectivity index (χ4v) is 3.81. The van der Waals surface area contributed by atoms with Crippen molar-refractivity contribution >= 4 is 46.4 Å². The van der Waals surface area contributed by atoms with Crippen molar-refractivity contribution in [2.45, 2.75) is 27.4 Å². The third kappa shape index (κ3) is 5.64. The Kier molecular flexibility index (Phi) is 7.18. The van der Waals surface area contributed by atoms with Crippen molar-refractivity contribution in [2.75, 3.05) is 6.61 Å². The number of hydrogen-bond acceptors (Lipinski definition) is 5. The van der Waals surface area contributed by atoms with E-state index in [1.807, 2.05) is 38.1 Å². The second kappa shape index (κ2) is 9.82. The van der Waals surface area contributed by atoms with E-state index in [1.54, 1.807) is 18.2 Å². The van der Waals surface area contributed by atoms with Gasteiger partial charge in [0.15, 0.2) is 16.7 Å². The van der Waals surface area contributed by atoms with Crippen LogP contribution in [0.4, 0.5) is 0 Å². The fraction of sp³-hybridized carbons (Fsp3) is 0.227. The predicted octanol–water partition coefficient (Wildman–Crippen LogP) is 4.73. The SMILES string of the molecule is CCOc1cc(/C=C2\SC(NC(C)=O)=NC2=O)cc(Cl)c1OCc1ccc(C)cc1. The summed E-state index contributed by atoms with van der Waals surface area (Å²) in [6.07, 6.45) is 1.66. The Bertz CT molecular complexity index is 1030. The molecule has 0 saturated heterocycles. The van der Waals surface area contributed by atoms with Gasteiger partial charge < -0.3 is 14.8 Å². The quantitative estimate of drug-likeness (QED) is 0.651. The molecule has 6 nitrogen and oxygen atoms in total. The maximum atomic E-state index is 12.1. The van der Waals surface area contributed by atoms with Crippen LogP contribution in [0.5, 0.6) is 11.5 Å². The van der Waals surface area contributed by atoms with E-state index < -0.39 is 5.91 Å². The molecule has 0 unspecified atom stereocenters. The molecule has 0 fully saturated rings. The molecule has 30 heavy (non-hydrogen) atoms. The summed E-state index contributed by atoms with van der Waals surface area (Å²) < 4.78 is 11.6. The lowest BCUT2D eigenvalue weighted by Crippen LogP contribution is -2.23. The van der Waals surface area contributed by atoms with Gasteiger partial charge in [0.25, 0.3) is 5.91 Å². The lowest BCUT2D eigenvalue weighted by Gasteiger charge is -2.15. The number of thioether (sulfide) groups is 1. The molecular formula is C22H21ClN2O4S.